The molecule has 4 rings (SSSR count). The Morgan fingerprint density at radius 1 is 1.27 bits per heavy atom. The van der Waals surface area contributed by atoms with Crippen LogP contribution in [0.1, 0.15) is 36.0 Å². The largest absolute Gasteiger partial charge is 0.388 e. The first-order valence-corrected chi connectivity index (χ1v) is 7.81. The standard InChI is InChI=1S/C17H19N3O2/c21-16(19-11-1-3-15(19)17(22)8-9-17)13-4-6-14(7-5-13)20-12-2-10-18-20/h2,4-7,10,12,15,22H,1,3,8-9,11H2. The molecular weight excluding hydrogens is 278 g/mol. The number of amides is 1. The molecule has 2 fully saturated rings. The van der Waals surface area contributed by atoms with E-state index >= 15 is 0 Å². The average Bonchev–Trinajstić information content (AvgIpc) is 3.03. The molecule has 2 heterocycles. The van der Waals surface area contributed by atoms with Gasteiger partial charge in [0.15, 0.2) is 0 Å². The van der Waals surface area contributed by atoms with Gasteiger partial charge in [0.05, 0.1) is 17.3 Å². The third-order valence-corrected chi connectivity index (χ3v) is 4.78. The van der Waals surface area contributed by atoms with Crippen LogP contribution in [0.15, 0.2) is 42.7 Å². The van der Waals surface area contributed by atoms with Crippen molar-refractivity contribution in [2.45, 2.75) is 37.3 Å². The molecule has 1 N–H and O–H groups in total. The lowest BCUT2D eigenvalue weighted by Gasteiger charge is -2.28. The fourth-order valence-corrected chi connectivity index (χ4v) is 3.37. The van der Waals surface area contributed by atoms with Gasteiger partial charge in [-0.2, -0.15) is 5.10 Å². The highest BCUT2D eigenvalue weighted by molar-refractivity contribution is 5.95. The number of carbonyl (C=O) groups is 1. The molecule has 1 aliphatic heterocycles. The van der Waals surface area contributed by atoms with Crippen molar-refractivity contribution in [1.82, 2.24) is 14.7 Å². The Hall–Kier alpha value is -2.14. The molecule has 114 valence electrons. The zero-order valence-electron chi connectivity index (χ0n) is 12.4. The maximum atomic E-state index is 12.7. The minimum atomic E-state index is -0.624. The second kappa shape index (κ2) is 4.95. The molecule has 22 heavy (non-hydrogen) atoms. The first-order valence-electron chi connectivity index (χ1n) is 7.81. The Morgan fingerprint density at radius 3 is 2.68 bits per heavy atom. The van der Waals surface area contributed by atoms with Crippen molar-refractivity contribution in [3.05, 3.63) is 48.3 Å². The van der Waals surface area contributed by atoms with Crippen LogP contribution in [0, 0.1) is 0 Å². The summed E-state index contributed by atoms with van der Waals surface area (Å²) < 4.78 is 1.76. The molecule has 2 aromatic rings. The molecule has 1 unspecified atom stereocenters. The van der Waals surface area contributed by atoms with E-state index in [-0.39, 0.29) is 11.9 Å². The molecule has 1 saturated heterocycles. The highest BCUT2D eigenvalue weighted by Crippen LogP contribution is 2.44. The molecule has 1 aliphatic carbocycles. The molecule has 0 spiro atoms. The van der Waals surface area contributed by atoms with E-state index in [4.69, 9.17) is 0 Å². The van der Waals surface area contributed by atoms with E-state index in [1.54, 1.807) is 10.9 Å². The summed E-state index contributed by atoms with van der Waals surface area (Å²) in [6.07, 6.45) is 7.12. The summed E-state index contributed by atoms with van der Waals surface area (Å²) in [6, 6.07) is 9.33. The van der Waals surface area contributed by atoms with Crippen molar-refractivity contribution < 1.29 is 9.90 Å². The van der Waals surface area contributed by atoms with Gasteiger partial charge in [0.1, 0.15) is 0 Å². The van der Waals surface area contributed by atoms with E-state index in [9.17, 15) is 9.90 Å². The summed E-state index contributed by atoms with van der Waals surface area (Å²) in [7, 11) is 0. The fraction of sp³-hybridized carbons (Fsp3) is 0.412. The maximum Gasteiger partial charge on any atom is 0.254 e. The number of benzene rings is 1. The Kier molecular flexibility index (Phi) is 3.04. The number of aliphatic hydroxyl groups is 1. The van der Waals surface area contributed by atoms with Crippen LogP contribution >= 0.6 is 0 Å². The quantitative estimate of drug-likeness (QED) is 0.942. The molecule has 1 amide bonds. The zero-order chi connectivity index (χ0) is 15.2. The van der Waals surface area contributed by atoms with E-state index in [1.807, 2.05) is 41.4 Å². The summed E-state index contributed by atoms with van der Waals surface area (Å²) >= 11 is 0. The minimum absolute atomic E-state index is 0.00853. The lowest BCUT2D eigenvalue weighted by Crippen LogP contribution is -2.44. The van der Waals surface area contributed by atoms with Crippen molar-refractivity contribution in [2.24, 2.45) is 0 Å². The van der Waals surface area contributed by atoms with Crippen LogP contribution in [0.4, 0.5) is 0 Å². The van der Waals surface area contributed by atoms with Gasteiger partial charge in [-0.25, -0.2) is 4.68 Å². The Bertz CT molecular complexity index is 674. The van der Waals surface area contributed by atoms with Crippen molar-refractivity contribution in [2.75, 3.05) is 6.54 Å². The predicted octanol–water partition coefficient (Wildman–Crippen LogP) is 2.00. The lowest BCUT2D eigenvalue weighted by atomic mass is 10.1. The average molecular weight is 297 g/mol. The topological polar surface area (TPSA) is 58.4 Å². The summed E-state index contributed by atoms with van der Waals surface area (Å²) in [5.74, 6) is 0.0230. The van der Waals surface area contributed by atoms with Gasteiger partial charge in [-0.15, -0.1) is 0 Å². The van der Waals surface area contributed by atoms with Crippen LogP contribution in [0.5, 0.6) is 0 Å². The number of hydrogen-bond acceptors (Lipinski definition) is 3. The molecule has 0 radical (unpaired) electrons. The highest BCUT2D eigenvalue weighted by Gasteiger charge is 2.52. The van der Waals surface area contributed by atoms with Gasteiger partial charge in [0.2, 0.25) is 0 Å². The first kappa shape index (κ1) is 13.5. The van der Waals surface area contributed by atoms with E-state index in [1.165, 1.54) is 0 Å². The SMILES string of the molecule is O=C(c1ccc(-n2cccn2)cc1)N1CCCC1C1(O)CC1. The van der Waals surface area contributed by atoms with Crippen LogP contribution < -0.4 is 0 Å². The van der Waals surface area contributed by atoms with Gasteiger partial charge in [-0.3, -0.25) is 4.79 Å². The summed E-state index contributed by atoms with van der Waals surface area (Å²) in [6.45, 7) is 0.743. The van der Waals surface area contributed by atoms with Crippen molar-refractivity contribution in [3.8, 4) is 5.69 Å². The number of nitrogens with zero attached hydrogens (tertiary/aromatic N) is 3. The van der Waals surface area contributed by atoms with Crippen molar-refractivity contribution in [1.29, 1.82) is 0 Å². The Balaban J connectivity index is 1.55. The molecule has 5 nitrogen and oxygen atoms in total. The molecule has 5 heteroatoms. The smallest absolute Gasteiger partial charge is 0.254 e. The molecule has 1 aromatic carbocycles. The number of hydrogen-bond donors (Lipinski definition) is 1. The van der Waals surface area contributed by atoms with Crippen LogP contribution in [0.2, 0.25) is 0 Å². The van der Waals surface area contributed by atoms with Gasteiger partial charge < -0.3 is 10.0 Å². The van der Waals surface area contributed by atoms with Gasteiger partial charge >= 0.3 is 0 Å². The third-order valence-electron chi connectivity index (χ3n) is 4.78. The molecule has 1 saturated carbocycles. The van der Waals surface area contributed by atoms with Crippen LogP contribution in [0.25, 0.3) is 5.69 Å². The second-order valence-corrected chi connectivity index (χ2v) is 6.26. The fourth-order valence-electron chi connectivity index (χ4n) is 3.37. The number of carbonyl (C=O) groups excluding carboxylic acids is 1. The van der Waals surface area contributed by atoms with E-state index < -0.39 is 5.60 Å². The Morgan fingerprint density at radius 2 is 2.05 bits per heavy atom. The van der Waals surface area contributed by atoms with Crippen molar-refractivity contribution in [3.63, 3.8) is 0 Å². The van der Waals surface area contributed by atoms with E-state index in [0.717, 1.165) is 37.9 Å². The zero-order valence-corrected chi connectivity index (χ0v) is 12.4. The summed E-state index contributed by atoms with van der Waals surface area (Å²) in [5, 5.41) is 14.5. The predicted molar refractivity (Wildman–Crippen MR) is 81.8 cm³/mol. The molecule has 0 bridgehead atoms. The first-order chi connectivity index (χ1) is 10.7. The van der Waals surface area contributed by atoms with Gasteiger partial charge in [0.25, 0.3) is 5.91 Å². The number of rotatable bonds is 3. The molecule has 1 aromatic heterocycles. The summed E-state index contributed by atoms with van der Waals surface area (Å²) in [5.41, 5.74) is 0.980. The number of aromatic nitrogens is 2. The monoisotopic (exact) mass is 297 g/mol. The van der Waals surface area contributed by atoms with Crippen LogP contribution in [-0.4, -0.2) is 43.9 Å². The van der Waals surface area contributed by atoms with Crippen molar-refractivity contribution >= 4 is 5.91 Å². The Labute approximate surface area is 129 Å². The summed E-state index contributed by atoms with van der Waals surface area (Å²) in [4.78, 5) is 14.6. The minimum Gasteiger partial charge on any atom is -0.388 e. The van der Waals surface area contributed by atoms with Gasteiger partial charge in [0, 0.05) is 24.5 Å². The van der Waals surface area contributed by atoms with E-state index in [2.05, 4.69) is 5.10 Å². The van der Waals surface area contributed by atoms with E-state index in [0.29, 0.717) is 5.56 Å². The normalized spacial score (nSPS) is 22.8. The molecule has 1 atom stereocenters. The van der Waals surface area contributed by atoms with Crippen LogP contribution in [-0.2, 0) is 0 Å². The molecular formula is C17H19N3O2. The second-order valence-electron chi connectivity index (χ2n) is 6.26. The maximum absolute atomic E-state index is 12.7. The van der Waals surface area contributed by atoms with Gasteiger partial charge in [-0.1, -0.05) is 0 Å². The van der Waals surface area contributed by atoms with Gasteiger partial charge in [-0.05, 0) is 56.0 Å². The third kappa shape index (κ3) is 2.22. The molecule has 2 aliphatic rings. The lowest BCUT2D eigenvalue weighted by molar-refractivity contribution is 0.0386. The number of likely N-dealkylation sites (tertiary alicyclic amines) is 1. The van der Waals surface area contributed by atoms with Crippen LogP contribution in [0.3, 0.4) is 0 Å². The highest BCUT2D eigenvalue weighted by atomic mass is 16.3.